The van der Waals surface area contributed by atoms with Crippen molar-refractivity contribution in [2.75, 3.05) is 11.9 Å². The van der Waals surface area contributed by atoms with Gasteiger partial charge in [0, 0.05) is 30.7 Å². The van der Waals surface area contributed by atoms with E-state index in [2.05, 4.69) is 27.6 Å². The average Bonchev–Trinajstić information content (AvgIpc) is 2.93. The summed E-state index contributed by atoms with van der Waals surface area (Å²) >= 11 is 6.12. The SMILES string of the molecule is CCNC1=C(C=N)CC(Nc2nc3c(Cl)cccn3n2)CC1. The lowest BCUT2D eigenvalue weighted by atomic mass is 9.92. The van der Waals surface area contributed by atoms with Crippen LogP contribution in [-0.4, -0.2) is 33.4 Å². The molecule has 3 rings (SSSR count). The quantitative estimate of drug-likeness (QED) is 0.741. The topological polar surface area (TPSA) is 78.1 Å². The Balaban J connectivity index is 1.76. The van der Waals surface area contributed by atoms with E-state index in [1.165, 1.54) is 11.9 Å². The lowest BCUT2D eigenvalue weighted by Gasteiger charge is -2.26. The molecule has 116 valence electrons. The molecule has 0 aromatic carbocycles. The third-order valence-corrected chi connectivity index (χ3v) is 4.10. The van der Waals surface area contributed by atoms with E-state index in [9.17, 15) is 0 Å². The minimum Gasteiger partial charge on any atom is -0.388 e. The van der Waals surface area contributed by atoms with Gasteiger partial charge in [-0.25, -0.2) is 4.52 Å². The molecule has 0 saturated heterocycles. The average molecular weight is 319 g/mol. The number of fused-ring (bicyclic) bond motifs is 1. The van der Waals surface area contributed by atoms with Crippen LogP contribution in [0.15, 0.2) is 29.6 Å². The maximum atomic E-state index is 7.59. The van der Waals surface area contributed by atoms with Crippen LogP contribution >= 0.6 is 11.6 Å². The first kappa shape index (κ1) is 14.8. The van der Waals surface area contributed by atoms with Crippen molar-refractivity contribution in [2.45, 2.75) is 32.2 Å². The number of nitrogens with one attached hydrogen (secondary N) is 3. The molecule has 3 N–H and O–H groups in total. The van der Waals surface area contributed by atoms with Gasteiger partial charge in [0.25, 0.3) is 0 Å². The number of aromatic nitrogens is 3. The molecule has 22 heavy (non-hydrogen) atoms. The zero-order valence-electron chi connectivity index (χ0n) is 12.4. The van der Waals surface area contributed by atoms with Gasteiger partial charge in [-0.1, -0.05) is 11.6 Å². The van der Waals surface area contributed by atoms with Gasteiger partial charge < -0.3 is 16.0 Å². The fourth-order valence-corrected chi connectivity index (χ4v) is 2.97. The molecule has 1 unspecified atom stereocenters. The van der Waals surface area contributed by atoms with Crippen molar-refractivity contribution in [2.24, 2.45) is 0 Å². The molecule has 0 amide bonds. The second-order valence-corrected chi connectivity index (χ2v) is 5.73. The van der Waals surface area contributed by atoms with E-state index in [4.69, 9.17) is 17.0 Å². The molecule has 1 aliphatic rings. The molecule has 7 heteroatoms. The van der Waals surface area contributed by atoms with Gasteiger partial charge in [-0.05, 0) is 43.9 Å². The summed E-state index contributed by atoms with van der Waals surface area (Å²) in [5, 5.41) is 19.3. The molecule has 0 fully saturated rings. The first-order chi connectivity index (χ1) is 10.7. The summed E-state index contributed by atoms with van der Waals surface area (Å²) in [6, 6.07) is 3.87. The number of rotatable bonds is 5. The lowest BCUT2D eigenvalue weighted by molar-refractivity contribution is 0.581. The van der Waals surface area contributed by atoms with Gasteiger partial charge in [0.2, 0.25) is 5.95 Å². The highest BCUT2D eigenvalue weighted by Gasteiger charge is 2.21. The molecule has 0 saturated carbocycles. The van der Waals surface area contributed by atoms with E-state index in [0.29, 0.717) is 16.6 Å². The van der Waals surface area contributed by atoms with Crippen LogP contribution < -0.4 is 10.6 Å². The molecule has 0 aliphatic heterocycles. The first-order valence-corrected chi connectivity index (χ1v) is 7.83. The van der Waals surface area contributed by atoms with Crippen LogP contribution in [0.2, 0.25) is 5.02 Å². The molecule has 1 atom stereocenters. The number of hydrogen-bond acceptors (Lipinski definition) is 5. The Kier molecular flexibility index (Phi) is 4.29. The van der Waals surface area contributed by atoms with Crippen molar-refractivity contribution in [3.63, 3.8) is 0 Å². The molecule has 2 heterocycles. The van der Waals surface area contributed by atoms with Crippen LogP contribution in [0.25, 0.3) is 5.65 Å². The summed E-state index contributed by atoms with van der Waals surface area (Å²) in [4.78, 5) is 4.43. The van der Waals surface area contributed by atoms with Crippen molar-refractivity contribution >= 4 is 29.4 Å². The summed E-state index contributed by atoms with van der Waals surface area (Å²) in [5.74, 6) is 0.578. The Bertz CT molecular complexity index is 720. The van der Waals surface area contributed by atoms with E-state index >= 15 is 0 Å². The monoisotopic (exact) mass is 318 g/mol. The van der Waals surface area contributed by atoms with Crippen molar-refractivity contribution in [1.29, 1.82) is 5.41 Å². The van der Waals surface area contributed by atoms with Crippen LogP contribution in [0.3, 0.4) is 0 Å². The van der Waals surface area contributed by atoms with Crippen molar-refractivity contribution in [3.8, 4) is 0 Å². The fraction of sp³-hybridized carbons (Fsp3) is 0.400. The van der Waals surface area contributed by atoms with Crippen LogP contribution in [0, 0.1) is 5.41 Å². The maximum absolute atomic E-state index is 7.59. The highest BCUT2D eigenvalue weighted by Crippen LogP contribution is 2.25. The van der Waals surface area contributed by atoms with Gasteiger partial charge in [0.05, 0.1) is 5.02 Å². The molecule has 6 nitrogen and oxygen atoms in total. The molecular formula is C15H19ClN6. The van der Waals surface area contributed by atoms with Crippen molar-refractivity contribution in [3.05, 3.63) is 34.6 Å². The number of allylic oxidation sites excluding steroid dienone is 1. The largest absolute Gasteiger partial charge is 0.388 e. The zero-order chi connectivity index (χ0) is 15.5. The molecule has 2 aromatic rings. The summed E-state index contributed by atoms with van der Waals surface area (Å²) in [6.45, 7) is 2.96. The standard InChI is InChI=1S/C15H19ClN6/c1-2-18-13-6-5-11(8-10(13)9-17)19-15-20-14-12(16)4-3-7-22(14)21-15/h3-4,7,9,11,17-18H,2,5-6,8H2,1H3,(H,19,21). The maximum Gasteiger partial charge on any atom is 0.243 e. The summed E-state index contributed by atoms with van der Waals surface area (Å²) < 4.78 is 1.67. The third-order valence-electron chi connectivity index (χ3n) is 3.81. The molecule has 2 aromatic heterocycles. The summed E-state index contributed by atoms with van der Waals surface area (Å²) in [6.07, 6.45) is 5.99. The molecule has 0 spiro atoms. The van der Waals surface area contributed by atoms with E-state index in [0.717, 1.165) is 31.4 Å². The predicted octanol–water partition coefficient (Wildman–Crippen LogP) is 2.86. The highest BCUT2D eigenvalue weighted by atomic mass is 35.5. The normalized spacial score (nSPS) is 18.5. The number of anilines is 1. The first-order valence-electron chi connectivity index (χ1n) is 7.45. The fourth-order valence-electron chi connectivity index (χ4n) is 2.77. The minimum absolute atomic E-state index is 0.232. The van der Waals surface area contributed by atoms with Gasteiger partial charge in [-0.15, -0.1) is 5.10 Å². The number of halogens is 1. The van der Waals surface area contributed by atoms with Gasteiger partial charge in [-0.2, -0.15) is 4.98 Å². The van der Waals surface area contributed by atoms with E-state index < -0.39 is 0 Å². The minimum atomic E-state index is 0.232. The second kappa shape index (κ2) is 6.36. The van der Waals surface area contributed by atoms with Crippen molar-refractivity contribution in [1.82, 2.24) is 19.9 Å². The smallest absolute Gasteiger partial charge is 0.243 e. The number of pyridine rings is 1. The highest BCUT2D eigenvalue weighted by molar-refractivity contribution is 6.33. The van der Waals surface area contributed by atoms with Crippen LogP contribution in [0.1, 0.15) is 26.2 Å². The Morgan fingerprint density at radius 3 is 3.14 bits per heavy atom. The lowest BCUT2D eigenvalue weighted by Crippen LogP contribution is -2.29. The molecular weight excluding hydrogens is 300 g/mol. The third kappa shape index (κ3) is 2.92. The van der Waals surface area contributed by atoms with E-state index in [1.54, 1.807) is 10.6 Å². The Labute approximate surface area is 134 Å². The van der Waals surface area contributed by atoms with Crippen LogP contribution in [0.4, 0.5) is 5.95 Å². The molecule has 1 aliphatic carbocycles. The Hall–Kier alpha value is -2.08. The van der Waals surface area contributed by atoms with Crippen molar-refractivity contribution < 1.29 is 0 Å². The summed E-state index contributed by atoms with van der Waals surface area (Å²) in [7, 11) is 0. The van der Waals surface area contributed by atoms with Gasteiger partial charge in [-0.3, -0.25) is 0 Å². The predicted molar refractivity (Wildman–Crippen MR) is 88.7 cm³/mol. The molecule has 0 radical (unpaired) electrons. The second-order valence-electron chi connectivity index (χ2n) is 5.32. The van der Waals surface area contributed by atoms with Gasteiger partial charge >= 0.3 is 0 Å². The Morgan fingerprint density at radius 1 is 1.55 bits per heavy atom. The Morgan fingerprint density at radius 2 is 2.41 bits per heavy atom. The zero-order valence-corrected chi connectivity index (χ0v) is 13.2. The summed E-state index contributed by atoms with van der Waals surface area (Å²) in [5.41, 5.74) is 2.88. The number of hydrogen-bond donors (Lipinski definition) is 3. The van der Waals surface area contributed by atoms with Crippen LogP contribution in [-0.2, 0) is 0 Å². The van der Waals surface area contributed by atoms with E-state index in [-0.39, 0.29) is 6.04 Å². The van der Waals surface area contributed by atoms with Gasteiger partial charge in [0.1, 0.15) is 0 Å². The molecule has 0 bridgehead atoms. The number of nitrogens with zero attached hydrogens (tertiary/aromatic N) is 3. The van der Waals surface area contributed by atoms with E-state index in [1.807, 2.05) is 12.3 Å². The van der Waals surface area contributed by atoms with Crippen LogP contribution in [0.5, 0.6) is 0 Å². The van der Waals surface area contributed by atoms with Gasteiger partial charge in [0.15, 0.2) is 5.65 Å².